The van der Waals surface area contributed by atoms with Crippen molar-refractivity contribution in [2.45, 2.75) is 31.7 Å². The molecular weight excluding hydrogens is 278 g/mol. The fraction of sp³-hybridized carbons (Fsp3) is 0.529. The van der Waals surface area contributed by atoms with Gasteiger partial charge in [-0.05, 0) is 30.7 Å². The Bertz CT molecular complexity index is 516. The second-order valence-corrected chi connectivity index (χ2v) is 6.15. The van der Waals surface area contributed by atoms with Crippen LogP contribution in [0.2, 0.25) is 0 Å². The average Bonchev–Trinajstić information content (AvgIpc) is 3.09. The van der Waals surface area contributed by atoms with Crippen LogP contribution in [-0.2, 0) is 11.2 Å². The average molecular weight is 301 g/mol. The Labute approximate surface area is 131 Å². The fourth-order valence-electron chi connectivity index (χ4n) is 3.51. The van der Waals surface area contributed by atoms with Gasteiger partial charge < -0.3 is 10.6 Å². The number of hydrogen-bond donors (Lipinski definition) is 2. The number of nitrogens with one attached hydrogen (secondary N) is 2. The highest BCUT2D eigenvalue weighted by Crippen LogP contribution is 2.28. The van der Waals surface area contributed by atoms with Gasteiger partial charge in [-0.1, -0.05) is 36.8 Å². The van der Waals surface area contributed by atoms with Gasteiger partial charge >= 0.3 is 6.03 Å². The zero-order valence-electron chi connectivity index (χ0n) is 12.8. The third-order valence-electron chi connectivity index (χ3n) is 4.68. The molecular formula is C17H23N3O2. The molecule has 0 aromatic heterocycles. The summed E-state index contributed by atoms with van der Waals surface area (Å²) in [5, 5.41) is 6.09. The maximum Gasteiger partial charge on any atom is 0.324 e. The first-order chi connectivity index (χ1) is 10.7. The molecule has 0 radical (unpaired) electrons. The summed E-state index contributed by atoms with van der Waals surface area (Å²) in [4.78, 5) is 24.3. The number of amides is 3. The van der Waals surface area contributed by atoms with Crippen LogP contribution < -0.4 is 10.6 Å². The monoisotopic (exact) mass is 301 g/mol. The Balaban J connectivity index is 1.47. The van der Waals surface area contributed by atoms with Gasteiger partial charge in [0.05, 0.1) is 6.54 Å². The predicted molar refractivity (Wildman–Crippen MR) is 84.4 cm³/mol. The van der Waals surface area contributed by atoms with Crippen LogP contribution in [0.4, 0.5) is 4.79 Å². The largest absolute Gasteiger partial charge is 0.329 e. The first-order valence-electron chi connectivity index (χ1n) is 8.09. The van der Waals surface area contributed by atoms with Gasteiger partial charge in [-0.25, -0.2) is 4.79 Å². The van der Waals surface area contributed by atoms with Crippen molar-refractivity contribution in [1.29, 1.82) is 0 Å². The van der Waals surface area contributed by atoms with Gasteiger partial charge in [-0.2, -0.15) is 0 Å². The van der Waals surface area contributed by atoms with Crippen LogP contribution in [0.15, 0.2) is 30.3 Å². The van der Waals surface area contributed by atoms with E-state index in [9.17, 15) is 9.59 Å². The van der Waals surface area contributed by atoms with Crippen LogP contribution in [0, 0.1) is 5.92 Å². The van der Waals surface area contributed by atoms with E-state index in [4.69, 9.17) is 0 Å². The molecule has 5 nitrogen and oxygen atoms in total. The van der Waals surface area contributed by atoms with Gasteiger partial charge in [0.25, 0.3) is 0 Å². The van der Waals surface area contributed by atoms with Crippen LogP contribution in [0.1, 0.15) is 24.8 Å². The Morgan fingerprint density at radius 1 is 1.18 bits per heavy atom. The summed E-state index contributed by atoms with van der Waals surface area (Å²) < 4.78 is 0. The fourth-order valence-corrected chi connectivity index (χ4v) is 3.51. The standard InChI is InChI=1S/C17H23N3O2/c21-16-12-19-17(22)20(16)10-9-18-15-8-4-7-14(15)11-13-5-2-1-3-6-13/h1-3,5-6,14-15,18H,4,7-12H2,(H,19,22)/t14-,15+/m0/s1. The molecule has 3 rings (SSSR count). The molecule has 1 aromatic carbocycles. The molecule has 1 heterocycles. The van der Waals surface area contributed by atoms with Crippen molar-refractivity contribution >= 4 is 11.9 Å². The van der Waals surface area contributed by atoms with Crippen molar-refractivity contribution in [1.82, 2.24) is 15.5 Å². The van der Waals surface area contributed by atoms with Crippen molar-refractivity contribution in [3.63, 3.8) is 0 Å². The molecule has 5 heteroatoms. The lowest BCUT2D eigenvalue weighted by Gasteiger charge is -2.22. The highest BCUT2D eigenvalue weighted by atomic mass is 16.2. The topological polar surface area (TPSA) is 61.4 Å². The third kappa shape index (κ3) is 3.47. The minimum Gasteiger partial charge on any atom is -0.329 e. The van der Waals surface area contributed by atoms with Crippen molar-refractivity contribution in [3.05, 3.63) is 35.9 Å². The zero-order valence-corrected chi connectivity index (χ0v) is 12.8. The smallest absolute Gasteiger partial charge is 0.324 e. The maximum atomic E-state index is 11.5. The lowest BCUT2D eigenvalue weighted by molar-refractivity contribution is -0.124. The van der Waals surface area contributed by atoms with Gasteiger partial charge in [0.1, 0.15) is 0 Å². The molecule has 1 aromatic rings. The van der Waals surface area contributed by atoms with Crippen LogP contribution in [0.3, 0.4) is 0 Å². The molecule has 2 aliphatic rings. The number of hydrogen-bond acceptors (Lipinski definition) is 3. The second-order valence-electron chi connectivity index (χ2n) is 6.15. The van der Waals surface area contributed by atoms with E-state index in [1.165, 1.54) is 29.7 Å². The predicted octanol–water partition coefficient (Wildman–Crippen LogP) is 1.54. The Morgan fingerprint density at radius 2 is 2.00 bits per heavy atom. The summed E-state index contributed by atoms with van der Waals surface area (Å²) >= 11 is 0. The molecule has 3 amide bonds. The van der Waals surface area contributed by atoms with E-state index >= 15 is 0 Å². The van der Waals surface area contributed by atoms with Crippen LogP contribution in [0.25, 0.3) is 0 Å². The molecule has 1 saturated heterocycles. The van der Waals surface area contributed by atoms with E-state index in [2.05, 4.69) is 34.9 Å². The summed E-state index contributed by atoms with van der Waals surface area (Å²) in [6.07, 6.45) is 4.77. The molecule has 22 heavy (non-hydrogen) atoms. The van der Waals surface area contributed by atoms with Crippen molar-refractivity contribution in [3.8, 4) is 0 Å². The first-order valence-corrected chi connectivity index (χ1v) is 8.09. The Kier molecular flexibility index (Phi) is 4.73. The molecule has 1 aliphatic carbocycles. The van der Waals surface area contributed by atoms with E-state index in [0.717, 1.165) is 6.42 Å². The number of benzene rings is 1. The summed E-state index contributed by atoms with van der Waals surface area (Å²) in [7, 11) is 0. The highest BCUT2D eigenvalue weighted by Gasteiger charge is 2.30. The lowest BCUT2D eigenvalue weighted by Crippen LogP contribution is -2.41. The Morgan fingerprint density at radius 3 is 2.73 bits per heavy atom. The van der Waals surface area contributed by atoms with Gasteiger partial charge in [0, 0.05) is 19.1 Å². The summed E-state index contributed by atoms with van der Waals surface area (Å²) in [5.41, 5.74) is 1.38. The third-order valence-corrected chi connectivity index (χ3v) is 4.68. The number of rotatable bonds is 6. The summed E-state index contributed by atoms with van der Waals surface area (Å²) in [6, 6.07) is 10.8. The minimum atomic E-state index is -0.265. The number of imide groups is 1. The lowest BCUT2D eigenvalue weighted by atomic mass is 9.94. The van der Waals surface area contributed by atoms with Gasteiger partial charge in [0.15, 0.2) is 0 Å². The SMILES string of the molecule is O=C1CNC(=O)N1CCN[C@@H]1CCC[C@H]1Cc1ccccc1. The van der Waals surface area contributed by atoms with E-state index in [-0.39, 0.29) is 18.5 Å². The highest BCUT2D eigenvalue weighted by molar-refractivity contribution is 6.01. The molecule has 0 bridgehead atoms. The van der Waals surface area contributed by atoms with E-state index in [1.807, 2.05) is 6.07 Å². The number of nitrogens with zero attached hydrogens (tertiary/aromatic N) is 1. The van der Waals surface area contributed by atoms with Crippen molar-refractivity contribution < 1.29 is 9.59 Å². The molecule has 2 fully saturated rings. The van der Waals surface area contributed by atoms with Crippen molar-refractivity contribution in [2.24, 2.45) is 5.92 Å². The first kappa shape index (κ1) is 15.0. The van der Waals surface area contributed by atoms with Crippen molar-refractivity contribution in [2.75, 3.05) is 19.6 Å². The zero-order chi connectivity index (χ0) is 15.4. The van der Waals surface area contributed by atoms with E-state index in [0.29, 0.717) is 25.0 Å². The van der Waals surface area contributed by atoms with Gasteiger partial charge in [-0.3, -0.25) is 9.69 Å². The molecule has 0 unspecified atom stereocenters. The van der Waals surface area contributed by atoms with Crippen LogP contribution in [-0.4, -0.2) is 42.5 Å². The maximum absolute atomic E-state index is 11.5. The number of urea groups is 1. The normalized spacial score (nSPS) is 24.8. The number of carbonyl (C=O) groups is 2. The summed E-state index contributed by atoms with van der Waals surface area (Å²) in [6.45, 7) is 1.27. The number of carbonyl (C=O) groups excluding carboxylic acids is 2. The van der Waals surface area contributed by atoms with Crippen LogP contribution >= 0.6 is 0 Å². The van der Waals surface area contributed by atoms with Gasteiger partial charge in [-0.15, -0.1) is 0 Å². The van der Waals surface area contributed by atoms with Gasteiger partial charge in [0.2, 0.25) is 5.91 Å². The van der Waals surface area contributed by atoms with E-state index in [1.54, 1.807) is 0 Å². The Hall–Kier alpha value is -1.88. The quantitative estimate of drug-likeness (QED) is 0.784. The van der Waals surface area contributed by atoms with E-state index < -0.39 is 0 Å². The molecule has 1 saturated carbocycles. The second kappa shape index (κ2) is 6.92. The molecule has 2 N–H and O–H groups in total. The molecule has 118 valence electrons. The molecule has 1 aliphatic heterocycles. The van der Waals surface area contributed by atoms with Crippen LogP contribution in [0.5, 0.6) is 0 Å². The molecule has 2 atom stereocenters. The summed E-state index contributed by atoms with van der Waals surface area (Å²) in [5.74, 6) is 0.518. The minimum absolute atomic E-state index is 0.126. The molecule has 0 spiro atoms.